The average Bonchev–Trinajstić information content (AvgIpc) is 3.18. The van der Waals surface area contributed by atoms with E-state index in [1.807, 2.05) is 24.7 Å². The molecule has 2 N–H and O–H groups in total. The molecule has 0 spiro atoms. The number of aliphatic hydroxyl groups is 1. The van der Waals surface area contributed by atoms with E-state index in [1.54, 1.807) is 0 Å². The average molecular weight is 327 g/mol. The fourth-order valence-corrected chi connectivity index (χ4v) is 4.07. The minimum absolute atomic E-state index is 0.103. The van der Waals surface area contributed by atoms with Gasteiger partial charge in [0.1, 0.15) is 0 Å². The van der Waals surface area contributed by atoms with Gasteiger partial charge in [0.25, 0.3) is 0 Å². The summed E-state index contributed by atoms with van der Waals surface area (Å²) in [6.45, 7) is 1.02. The Balaban J connectivity index is 1.49. The highest BCUT2D eigenvalue weighted by Gasteiger charge is 2.33. The molecule has 2 aromatic rings. The lowest BCUT2D eigenvalue weighted by Crippen LogP contribution is -2.40. The van der Waals surface area contributed by atoms with Crippen molar-refractivity contribution in [3.63, 3.8) is 0 Å². The number of aliphatic hydroxyl groups excluding tert-OH is 1. The molecular weight excluding hydrogens is 306 g/mol. The molecule has 4 rings (SSSR count). The molecule has 0 radical (unpaired) electrons. The van der Waals surface area contributed by atoms with Gasteiger partial charge in [-0.1, -0.05) is 24.3 Å². The number of aromatic nitrogens is 2. The van der Waals surface area contributed by atoms with E-state index in [2.05, 4.69) is 21.7 Å². The Kier molecular flexibility index (Phi) is 3.76. The molecule has 1 amide bonds. The second kappa shape index (κ2) is 5.94. The van der Waals surface area contributed by atoms with Crippen molar-refractivity contribution in [2.45, 2.75) is 31.4 Å². The molecule has 2 aliphatic heterocycles. The van der Waals surface area contributed by atoms with Crippen LogP contribution < -0.4 is 0 Å². The predicted octanol–water partition coefficient (Wildman–Crippen LogP) is 2.59. The van der Waals surface area contributed by atoms with Crippen molar-refractivity contribution in [2.24, 2.45) is 5.92 Å². The first-order valence-electron chi connectivity index (χ1n) is 8.42. The summed E-state index contributed by atoms with van der Waals surface area (Å²) in [7, 11) is 0. The van der Waals surface area contributed by atoms with Crippen LogP contribution in [0.2, 0.25) is 0 Å². The first-order chi connectivity index (χ1) is 11.6. The van der Waals surface area contributed by atoms with Gasteiger partial charge in [0.05, 0.1) is 30.4 Å². The van der Waals surface area contributed by atoms with E-state index in [-0.39, 0.29) is 12.0 Å². The minimum atomic E-state index is -0.865. The molecule has 3 heterocycles. The number of amides is 1. The van der Waals surface area contributed by atoms with Crippen LogP contribution in [0.4, 0.5) is 4.79 Å². The molecule has 126 valence electrons. The number of fused-ring (bicyclic) bond motifs is 3. The lowest BCUT2D eigenvalue weighted by molar-refractivity contribution is 0.0469. The number of hydrogen-bond donors (Lipinski definition) is 2. The van der Waals surface area contributed by atoms with Gasteiger partial charge in [0.15, 0.2) is 0 Å². The highest BCUT2D eigenvalue weighted by Crippen LogP contribution is 2.42. The van der Waals surface area contributed by atoms with Crippen molar-refractivity contribution in [1.29, 1.82) is 0 Å². The van der Waals surface area contributed by atoms with E-state index in [0.717, 1.165) is 18.5 Å². The Hall–Kier alpha value is -2.34. The van der Waals surface area contributed by atoms with Crippen LogP contribution in [0.3, 0.4) is 0 Å². The van der Waals surface area contributed by atoms with Gasteiger partial charge in [0.2, 0.25) is 0 Å². The van der Waals surface area contributed by atoms with Gasteiger partial charge < -0.3 is 19.7 Å². The van der Waals surface area contributed by atoms with Crippen LogP contribution in [0.1, 0.15) is 30.9 Å². The van der Waals surface area contributed by atoms with Crippen LogP contribution in [0.15, 0.2) is 36.8 Å². The van der Waals surface area contributed by atoms with E-state index in [1.165, 1.54) is 16.0 Å². The van der Waals surface area contributed by atoms with Gasteiger partial charge in [-0.3, -0.25) is 0 Å². The molecule has 1 saturated heterocycles. The number of benzene rings is 1. The van der Waals surface area contributed by atoms with Crippen LogP contribution in [0.5, 0.6) is 0 Å². The number of carbonyl (C=O) groups is 1. The number of carboxylic acid groups (broad SMARTS) is 1. The van der Waals surface area contributed by atoms with Crippen LogP contribution >= 0.6 is 0 Å². The van der Waals surface area contributed by atoms with Crippen LogP contribution in [0, 0.1) is 5.92 Å². The summed E-state index contributed by atoms with van der Waals surface area (Å²) in [6, 6.07) is 8.37. The molecule has 1 aromatic carbocycles. The molecule has 1 fully saturated rings. The Morgan fingerprint density at radius 3 is 2.79 bits per heavy atom. The third-order valence-electron chi connectivity index (χ3n) is 5.42. The number of likely N-dealkylation sites (tertiary alicyclic amines) is 1. The van der Waals surface area contributed by atoms with Gasteiger partial charge in [0, 0.05) is 18.7 Å². The van der Waals surface area contributed by atoms with Crippen molar-refractivity contribution in [2.75, 3.05) is 13.1 Å². The van der Waals surface area contributed by atoms with Crippen molar-refractivity contribution >= 4 is 6.09 Å². The summed E-state index contributed by atoms with van der Waals surface area (Å²) in [5, 5.41) is 19.8. The minimum Gasteiger partial charge on any atom is -0.465 e. The molecule has 6 nitrogen and oxygen atoms in total. The van der Waals surface area contributed by atoms with Gasteiger partial charge >= 0.3 is 6.09 Å². The lowest BCUT2D eigenvalue weighted by Gasteiger charge is -2.33. The van der Waals surface area contributed by atoms with Gasteiger partial charge in [-0.25, -0.2) is 9.78 Å². The fourth-order valence-electron chi connectivity index (χ4n) is 4.07. The van der Waals surface area contributed by atoms with E-state index in [9.17, 15) is 9.90 Å². The Morgan fingerprint density at radius 1 is 1.29 bits per heavy atom. The van der Waals surface area contributed by atoms with Crippen molar-refractivity contribution < 1.29 is 15.0 Å². The van der Waals surface area contributed by atoms with E-state index in [4.69, 9.17) is 5.11 Å². The highest BCUT2D eigenvalue weighted by molar-refractivity contribution is 5.69. The summed E-state index contributed by atoms with van der Waals surface area (Å²) in [5.74, 6) is 0.153. The monoisotopic (exact) mass is 327 g/mol. The largest absolute Gasteiger partial charge is 0.465 e. The Bertz CT molecular complexity index is 749. The lowest BCUT2D eigenvalue weighted by atomic mass is 9.86. The third kappa shape index (κ3) is 2.47. The van der Waals surface area contributed by atoms with Crippen LogP contribution in [-0.2, 0) is 0 Å². The Morgan fingerprint density at radius 2 is 2.04 bits per heavy atom. The van der Waals surface area contributed by atoms with Crippen molar-refractivity contribution in [3.05, 3.63) is 42.4 Å². The van der Waals surface area contributed by atoms with E-state index >= 15 is 0 Å². The molecule has 0 bridgehead atoms. The third-order valence-corrected chi connectivity index (χ3v) is 5.42. The maximum Gasteiger partial charge on any atom is 0.407 e. The standard InChI is InChI=1S/C18H21N3O3/c22-17(12-5-7-20(8-6-12)18(23)24)9-15-13-3-1-2-4-14(13)16-10-19-11-21(15)16/h1-4,10-12,15,17,22H,5-9H2,(H,23,24)/t15-,17+/m1/s1. The SMILES string of the molecule is O=C(O)N1CCC([C@@H](O)C[C@@H]2c3ccccc3-c3cncn32)CC1. The smallest absolute Gasteiger partial charge is 0.407 e. The van der Waals surface area contributed by atoms with Gasteiger partial charge in [-0.15, -0.1) is 0 Å². The molecule has 0 aliphatic carbocycles. The zero-order valence-electron chi connectivity index (χ0n) is 13.4. The topological polar surface area (TPSA) is 78.6 Å². The number of hydrogen-bond acceptors (Lipinski definition) is 3. The first-order valence-corrected chi connectivity index (χ1v) is 8.42. The number of piperidine rings is 1. The summed E-state index contributed by atoms with van der Waals surface area (Å²) < 4.78 is 2.14. The zero-order chi connectivity index (χ0) is 16.7. The van der Waals surface area contributed by atoms with E-state index < -0.39 is 12.2 Å². The normalized spacial score (nSPS) is 21.4. The second-order valence-corrected chi connectivity index (χ2v) is 6.70. The van der Waals surface area contributed by atoms with Gasteiger partial charge in [-0.05, 0) is 30.7 Å². The summed E-state index contributed by atoms with van der Waals surface area (Å²) >= 11 is 0. The second-order valence-electron chi connectivity index (χ2n) is 6.70. The van der Waals surface area contributed by atoms with Crippen LogP contribution in [-0.4, -0.2) is 50.0 Å². The number of nitrogens with zero attached hydrogens (tertiary/aromatic N) is 3. The zero-order valence-corrected chi connectivity index (χ0v) is 13.4. The molecule has 24 heavy (non-hydrogen) atoms. The quantitative estimate of drug-likeness (QED) is 0.908. The summed E-state index contributed by atoms with van der Waals surface area (Å²) in [6.07, 6.45) is 4.48. The Labute approximate surface area is 140 Å². The summed E-state index contributed by atoms with van der Waals surface area (Å²) in [5.41, 5.74) is 3.52. The summed E-state index contributed by atoms with van der Waals surface area (Å²) in [4.78, 5) is 16.7. The maximum absolute atomic E-state index is 11.0. The van der Waals surface area contributed by atoms with Crippen molar-refractivity contribution in [3.8, 4) is 11.3 Å². The molecule has 2 atom stereocenters. The molecule has 1 aromatic heterocycles. The predicted molar refractivity (Wildman–Crippen MR) is 88.7 cm³/mol. The maximum atomic E-state index is 11.0. The molecule has 6 heteroatoms. The number of imidazole rings is 1. The fraction of sp³-hybridized carbons (Fsp3) is 0.444. The first kappa shape index (κ1) is 15.2. The van der Waals surface area contributed by atoms with Crippen LogP contribution in [0.25, 0.3) is 11.3 Å². The van der Waals surface area contributed by atoms with Gasteiger partial charge in [-0.2, -0.15) is 0 Å². The molecule has 0 unspecified atom stereocenters. The molecule has 2 aliphatic rings. The molecule has 0 saturated carbocycles. The van der Waals surface area contributed by atoms with Crippen molar-refractivity contribution in [1.82, 2.24) is 14.5 Å². The van der Waals surface area contributed by atoms with E-state index in [0.29, 0.717) is 19.5 Å². The molecular formula is C18H21N3O3. The highest BCUT2D eigenvalue weighted by atomic mass is 16.4. The number of rotatable bonds is 3.